The Balaban J connectivity index is 1.71. The molecule has 2 N–H and O–H groups in total. The van der Waals surface area contributed by atoms with E-state index in [0.717, 1.165) is 48.4 Å². The van der Waals surface area contributed by atoms with E-state index in [0.29, 0.717) is 0 Å². The van der Waals surface area contributed by atoms with E-state index in [2.05, 4.69) is 21.0 Å². The number of nitrogens with zero attached hydrogens (tertiary/aromatic N) is 4. The van der Waals surface area contributed by atoms with E-state index in [9.17, 15) is 0 Å². The highest BCUT2D eigenvalue weighted by Gasteiger charge is 2.21. The zero-order chi connectivity index (χ0) is 14.1. The molecule has 106 valence electrons. The van der Waals surface area contributed by atoms with Crippen LogP contribution in [0.4, 0.5) is 17.2 Å². The van der Waals surface area contributed by atoms with E-state index < -0.39 is 0 Å². The molecule has 0 bridgehead atoms. The topological polar surface area (TPSA) is 50.3 Å². The molecule has 1 saturated heterocycles. The number of aromatic nitrogens is 2. The number of nitrogen functional groups attached to an aromatic ring is 1. The fourth-order valence-electron chi connectivity index (χ4n) is 2.61. The lowest BCUT2D eigenvalue weighted by Gasteiger charge is -2.36. The molecular formula is C14H18ClN5. The number of aryl methyl sites for hydroxylation is 1. The second-order valence-electron chi connectivity index (χ2n) is 5.01. The van der Waals surface area contributed by atoms with Gasteiger partial charge in [-0.15, -0.1) is 0 Å². The molecule has 1 aliphatic heterocycles. The minimum atomic E-state index is 0.735. The molecule has 2 heterocycles. The van der Waals surface area contributed by atoms with Gasteiger partial charge in [0.2, 0.25) is 0 Å². The molecule has 0 atom stereocenters. The summed E-state index contributed by atoms with van der Waals surface area (Å²) in [7, 11) is 1.89. The molecule has 0 amide bonds. The van der Waals surface area contributed by atoms with Crippen molar-refractivity contribution in [3.8, 4) is 0 Å². The van der Waals surface area contributed by atoms with Crippen molar-refractivity contribution in [3.05, 3.63) is 35.5 Å². The van der Waals surface area contributed by atoms with Gasteiger partial charge in [0.15, 0.2) is 5.82 Å². The number of hydrogen-bond donors (Lipinski definition) is 1. The molecular weight excluding hydrogens is 274 g/mol. The Hall–Kier alpha value is -1.88. The highest BCUT2D eigenvalue weighted by Crippen LogP contribution is 2.28. The molecule has 5 nitrogen and oxygen atoms in total. The van der Waals surface area contributed by atoms with Crippen LogP contribution in [-0.4, -0.2) is 36.0 Å². The second-order valence-corrected chi connectivity index (χ2v) is 5.41. The van der Waals surface area contributed by atoms with Crippen LogP contribution in [-0.2, 0) is 7.05 Å². The molecule has 1 fully saturated rings. The minimum absolute atomic E-state index is 0.735. The molecule has 0 spiro atoms. The van der Waals surface area contributed by atoms with Crippen molar-refractivity contribution in [2.45, 2.75) is 0 Å². The van der Waals surface area contributed by atoms with Crippen molar-refractivity contribution in [2.75, 3.05) is 41.7 Å². The summed E-state index contributed by atoms with van der Waals surface area (Å²) in [5.41, 5.74) is 7.82. The van der Waals surface area contributed by atoms with Crippen LogP contribution in [0.25, 0.3) is 0 Å². The predicted octanol–water partition coefficient (Wildman–Crippen LogP) is 1.98. The molecule has 3 rings (SSSR count). The van der Waals surface area contributed by atoms with Crippen molar-refractivity contribution in [1.29, 1.82) is 0 Å². The van der Waals surface area contributed by atoms with E-state index in [-0.39, 0.29) is 0 Å². The molecule has 0 saturated carbocycles. The molecule has 1 aromatic heterocycles. The summed E-state index contributed by atoms with van der Waals surface area (Å²) in [5, 5.41) is 5.23. The number of para-hydroxylation sites is 1. The quantitative estimate of drug-likeness (QED) is 0.919. The number of rotatable bonds is 2. The average molecular weight is 292 g/mol. The lowest BCUT2D eigenvalue weighted by Crippen LogP contribution is -2.47. The summed E-state index contributed by atoms with van der Waals surface area (Å²) in [4.78, 5) is 4.53. The summed E-state index contributed by atoms with van der Waals surface area (Å²) in [6.07, 6.45) is 1.84. The normalized spacial score (nSPS) is 15.7. The van der Waals surface area contributed by atoms with Crippen LogP contribution >= 0.6 is 11.6 Å². The van der Waals surface area contributed by atoms with Gasteiger partial charge in [-0.1, -0.05) is 23.7 Å². The van der Waals surface area contributed by atoms with Crippen LogP contribution < -0.4 is 15.5 Å². The Bertz CT molecular complexity index is 601. The Morgan fingerprint density at radius 1 is 1.10 bits per heavy atom. The zero-order valence-corrected chi connectivity index (χ0v) is 12.2. The lowest BCUT2D eigenvalue weighted by atomic mass is 10.2. The number of piperazine rings is 1. The number of halogens is 1. The average Bonchev–Trinajstić information content (AvgIpc) is 2.79. The Morgan fingerprint density at radius 2 is 1.75 bits per heavy atom. The van der Waals surface area contributed by atoms with Gasteiger partial charge in [0.25, 0.3) is 0 Å². The molecule has 2 aromatic rings. The molecule has 1 aliphatic rings. The maximum Gasteiger partial charge on any atom is 0.173 e. The van der Waals surface area contributed by atoms with Crippen LogP contribution in [0.2, 0.25) is 5.02 Å². The van der Waals surface area contributed by atoms with Crippen molar-refractivity contribution >= 4 is 28.8 Å². The third kappa shape index (κ3) is 2.41. The molecule has 0 unspecified atom stereocenters. The van der Waals surface area contributed by atoms with E-state index in [1.807, 2.05) is 31.4 Å². The summed E-state index contributed by atoms with van der Waals surface area (Å²) < 4.78 is 1.76. The summed E-state index contributed by atoms with van der Waals surface area (Å²) in [6, 6.07) is 7.97. The maximum absolute atomic E-state index is 6.25. The number of anilines is 3. The molecule has 1 aromatic carbocycles. The van der Waals surface area contributed by atoms with Gasteiger partial charge in [-0.2, -0.15) is 5.10 Å². The Morgan fingerprint density at radius 3 is 2.35 bits per heavy atom. The molecule has 20 heavy (non-hydrogen) atoms. The monoisotopic (exact) mass is 291 g/mol. The van der Waals surface area contributed by atoms with Gasteiger partial charge < -0.3 is 15.5 Å². The van der Waals surface area contributed by atoms with Crippen molar-refractivity contribution in [1.82, 2.24) is 9.78 Å². The smallest absolute Gasteiger partial charge is 0.173 e. The van der Waals surface area contributed by atoms with Gasteiger partial charge >= 0.3 is 0 Å². The van der Waals surface area contributed by atoms with Crippen molar-refractivity contribution in [2.24, 2.45) is 7.05 Å². The van der Waals surface area contributed by atoms with Gasteiger partial charge in [-0.3, -0.25) is 4.68 Å². The lowest BCUT2D eigenvalue weighted by molar-refractivity contribution is 0.639. The molecule has 0 radical (unpaired) electrons. The number of nitrogens with two attached hydrogens (primary N) is 1. The van der Waals surface area contributed by atoms with Crippen LogP contribution in [0, 0.1) is 0 Å². The first-order chi connectivity index (χ1) is 9.65. The fraction of sp³-hybridized carbons (Fsp3) is 0.357. The van der Waals surface area contributed by atoms with E-state index in [4.69, 9.17) is 17.3 Å². The summed E-state index contributed by atoms with van der Waals surface area (Å²) in [5.74, 6) is 0.881. The SMILES string of the molecule is Cn1cc(N)c(N2CCN(c3ccccc3Cl)CC2)n1. The molecule has 6 heteroatoms. The maximum atomic E-state index is 6.25. The third-order valence-corrected chi connectivity index (χ3v) is 3.93. The van der Waals surface area contributed by atoms with Crippen molar-refractivity contribution in [3.63, 3.8) is 0 Å². The third-order valence-electron chi connectivity index (χ3n) is 3.61. The summed E-state index contributed by atoms with van der Waals surface area (Å²) in [6.45, 7) is 3.62. The number of hydrogen-bond acceptors (Lipinski definition) is 4. The van der Waals surface area contributed by atoms with E-state index in [1.54, 1.807) is 4.68 Å². The van der Waals surface area contributed by atoms with Crippen molar-refractivity contribution < 1.29 is 0 Å². The van der Waals surface area contributed by atoms with E-state index >= 15 is 0 Å². The van der Waals surface area contributed by atoms with Crippen LogP contribution in [0.3, 0.4) is 0 Å². The van der Waals surface area contributed by atoms with Gasteiger partial charge in [-0.05, 0) is 12.1 Å². The molecule has 0 aliphatic carbocycles. The van der Waals surface area contributed by atoms with Gasteiger partial charge in [-0.25, -0.2) is 0 Å². The first-order valence-electron chi connectivity index (χ1n) is 6.68. The van der Waals surface area contributed by atoms with Gasteiger partial charge in [0.05, 0.1) is 16.4 Å². The number of benzene rings is 1. The Kier molecular flexibility index (Phi) is 3.44. The highest BCUT2D eigenvalue weighted by molar-refractivity contribution is 6.33. The first-order valence-corrected chi connectivity index (χ1v) is 7.06. The van der Waals surface area contributed by atoms with Crippen LogP contribution in [0.15, 0.2) is 30.5 Å². The van der Waals surface area contributed by atoms with Crippen LogP contribution in [0.5, 0.6) is 0 Å². The van der Waals surface area contributed by atoms with Gasteiger partial charge in [0.1, 0.15) is 0 Å². The van der Waals surface area contributed by atoms with Gasteiger partial charge in [0, 0.05) is 39.4 Å². The standard InChI is InChI=1S/C14H18ClN5/c1-18-10-12(16)14(17-18)20-8-6-19(7-9-20)13-5-3-2-4-11(13)15/h2-5,10H,6-9,16H2,1H3. The largest absolute Gasteiger partial charge is 0.394 e. The van der Waals surface area contributed by atoms with E-state index in [1.165, 1.54) is 0 Å². The highest BCUT2D eigenvalue weighted by atomic mass is 35.5. The predicted molar refractivity (Wildman–Crippen MR) is 83.5 cm³/mol. The first kappa shape index (κ1) is 13.1. The Labute approximate surface area is 123 Å². The summed E-state index contributed by atoms with van der Waals surface area (Å²) >= 11 is 6.25. The van der Waals surface area contributed by atoms with Crippen LogP contribution in [0.1, 0.15) is 0 Å². The minimum Gasteiger partial charge on any atom is -0.394 e. The fourth-order valence-corrected chi connectivity index (χ4v) is 2.86. The second kappa shape index (κ2) is 5.25. The zero-order valence-electron chi connectivity index (χ0n) is 11.5.